The first kappa shape index (κ1) is 13.9. The molecule has 0 aliphatic heterocycles. The molecule has 2 N–H and O–H groups in total. The van der Waals surface area contributed by atoms with Crippen molar-refractivity contribution in [2.24, 2.45) is 5.92 Å². The lowest BCUT2D eigenvalue weighted by molar-refractivity contribution is 0.475. The highest BCUT2D eigenvalue weighted by Gasteiger charge is 2.22. The van der Waals surface area contributed by atoms with Crippen LogP contribution in [0.2, 0.25) is 0 Å². The summed E-state index contributed by atoms with van der Waals surface area (Å²) in [5, 5.41) is 2.86. The molecule has 1 aromatic heterocycles. The van der Waals surface area contributed by atoms with Crippen LogP contribution in [0, 0.1) is 5.92 Å². The summed E-state index contributed by atoms with van der Waals surface area (Å²) in [6, 6.07) is 3.24. The maximum Gasteiger partial charge on any atom is 0.260 e. The molecule has 6 heteroatoms. The molecule has 5 nitrogen and oxygen atoms in total. The largest absolute Gasteiger partial charge is 0.386 e. The van der Waals surface area contributed by atoms with Crippen LogP contribution in [0.4, 0.5) is 5.69 Å². The summed E-state index contributed by atoms with van der Waals surface area (Å²) in [6.45, 7) is 5.76. The van der Waals surface area contributed by atoms with Gasteiger partial charge in [-0.15, -0.1) is 0 Å². The first-order valence-electron chi connectivity index (χ1n) is 5.53. The van der Waals surface area contributed by atoms with Crippen molar-refractivity contribution in [3.8, 4) is 0 Å². The highest BCUT2D eigenvalue weighted by atomic mass is 32.2. The van der Waals surface area contributed by atoms with Gasteiger partial charge < -0.3 is 5.32 Å². The summed E-state index contributed by atoms with van der Waals surface area (Å²) in [5.74, 6) is 0.228. The number of rotatable bonds is 5. The fourth-order valence-corrected chi connectivity index (χ4v) is 2.76. The van der Waals surface area contributed by atoms with Gasteiger partial charge in [-0.05, 0) is 25.0 Å². The third-order valence-electron chi connectivity index (χ3n) is 2.64. The fourth-order valence-electron chi connectivity index (χ4n) is 1.23. The summed E-state index contributed by atoms with van der Waals surface area (Å²) in [5.41, 5.74) is 0.496. The average molecular weight is 257 g/mol. The van der Waals surface area contributed by atoms with Gasteiger partial charge in [0.25, 0.3) is 10.0 Å². The Morgan fingerprint density at radius 2 is 1.94 bits per heavy atom. The smallest absolute Gasteiger partial charge is 0.260 e. The zero-order chi connectivity index (χ0) is 13.1. The molecule has 0 radical (unpaired) electrons. The lowest BCUT2D eigenvalue weighted by Crippen LogP contribution is -2.36. The minimum Gasteiger partial charge on any atom is -0.386 e. The van der Waals surface area contributed by atoms with E-state index < -0.39 is 10.0 Å². The summed E-state index contributed by atoms with van der Waals surface area (Å²) >= 11 is 0. The van der Waals surface area contributed by atoms with Crippen LogP contribution in [-0.2, 0) is 10.0 Å². The van der Waals surface area contributed by atoms with Crippen LogP contribution in [0.1, 0.15) is 20.8 Å². The molecular weight excluding hydrogens is 238 g/mol. The van der Waals surface area contributed by atoms with Gasteiger partial charge in [-0.25, -0.2) is 18.1 Å². The van der Waals surface area contributed by atoms with Crippen LogP contribution in [0.3, 0.4) is 0 Å². The topological polar surface area (TPSA) is 71.1 Å². The summed E-state index contributed by atoms with van der Waals surface area (Å²) in [6.07, 6.45) is 1.47. The minimum atomic E-state index is -3.57. The number of nitrogens with zero attached hydrogens (tertiary/aromatic N) is 1. The van der Waals surface area contributed by atoms with Crippen molar-refractivity contribution in [3.05, 3.63) is 18.3 Å². The lowest BCUT2D eigenvalue weighted by atomic mass is 10.1. The van der Waals surface area contributed by atoms with Gasteiger partial charge in [-0.3, -0.25) is 0 Å². The molecule has 1 atom stereocenters. The molecule has 0 fully saturated rings. The summed E-state index contributed by atoms with van der Waals surface area (Å²) < 4.78 is 26.8. The molecule has 17 heavy (non-hydrogen) atoms. The zero-order valence-corrected chi connectivity index (χ0v) is 11.4. The van der Waals surface area contributed by atoms with Crippen LogP contribution in [-0.4, -0.2) is 26.5 Å². The lowest BCUT2D eigenvalue weighted by Gasteiger charge is -2.18. The molecule has 1 aromatic rings. The van der Waals surface area contributed by atoms with E-state index in [0.717, 1.165) is 0 Å². The van der Waals surface area contributed by atoms with E-state index in [1.165, 1.54) is 6.20 Å². The predicted octanol–water partition coefficient (Wildman–Crippen LogP) is 1.45. The molecule has 96 valence electrons. The number of hydrogen-bond donors (Lipinski definition) is 2. The molecule has 0 amide bonds. The summed E-state index contributed by atoms with van der Waals surface area (Å²) in [7, 11) is -1.90. The van der Waals surface area contributed by atoms with E-state index in [1.54, 1.807) is 19.2 Å². The summed E-state index contributed by atoms with van der Waals surface area (Å²) in [4.78, 5) is 3.92. The Morgan fingerprint density at radius 3 is 2.47 bits per heavy atom. The molecular formula is C11H19N3O2S. The van der Waals surface area contributed by atoms with Crippen molar-refractivity contribution in [1.82, 2.24) is 9.71 Å². The monoisotopic (exact) mass is 257 g/mol. The maximum atomic E-state index is 12.1. The third-order valence-corrected chi connectivity index (χ3v) is 4.15. The Hall–Kier alpha value is -1.14. The Bertz CT molecular complexity index is 471. The van der Waals surface area contributed by atoms with Gasteiger partial charge in [-0.2, -0.15) is 0 Å². The van der Waals surface area contributed by atoms with Crippen LogP contribution in [0.25, 0.3) is 0 Å². The molecule has 0 bridgehead atoms. The van der Waals surface area contributed by atoms with E-state index in [1.807, 2.05) is 20.8 Å². The first-order chi connectivity index (χ1) is 7.88. The van der Waals surface area contributed by atoms with Crippen molar-refractivity contribution >= 4 is 15.7 Å². The Morgan fingerprint density at radius 1 is 1.29 bits per heavy atom. The van der Waals surface area contributed by atoms with Crippen molar-refractivity contribution in [1.29, 1.82) is 0 Å². The normalized spacial score (nSPS) is 13.7. The molecule has 0 aliphatic carbocycles. The van der Waals surface area contributed by atoms with Crippen LogP contribution in [0.5, 0.6) is 0 Å². The second kappa shape index (κ2) is 5.46. The number of anilines is 1. The van der Waals surface area contributed by atoms with Gasteiger partial charge in [0.05, 0.1) is 5.69 Å². The maximum absolute atomic E-state index is 12.1. The van der Waals surface area contributed by atoms with Crippen LogP contribution >= 0.6 is 0 Å². The van der Waals surface area contributed by atoms with Gasteiger partial charge in [0, 0.05) is 19.3 Å². The number of nitrogens with one attached hydrogen (secondary N) is 2. The Balaban J connectivity index is 3.05. The first-order valence-corrected chi connectivity index (χ1v) is 7.02. The zero-order valence-electron chi connectivity index (χ0n) is 10.6. The van der Waals surface area contributed by atoms with Gasteiger partial charge in [-0.1, -0.05) is 13.8 Å². The van der Waals surface area contributed by atoms with Crippen molar-refractivity contribution < 1.29 is 8.42 Å². The molecule has 0 saturated carbocycles. The fraction of sp³-hybridized carbons (Fsp3) is 0.545. The number of hydrogen-bond acceptors (Lipinski definition) is 4. The molecule has 0 saturated heterocycles. The molecule has 0 aromatic carbocycles. The van der Waals surface area contributed by atoms with Crippen LogP contribution in [0.15, 0.2) is 23.4 Å². The van der Waals surface area contributed by atoms with E-state index in [0.29, 0.717) is 5.69 Å². The molecule has 0 aliphatic rings. The van der Waals surface area contributed by atoms with Gasteiger partial charge >= 0.3 is 0 Å². The SMILES string of the molecule is CNc1cccnc1S(=O)(=O)NC(C)C(C)C. The van der Waals surface area contributed by atoms with Crippen LogP contribution < -0.4 is 10.0 Å². The molecule has 1 rings (SSSR count). The average Bonchev–Trinajstić information content (AvgIpc) is 2.28. The quantitative estimate of drug-likeness (QED) is 0.837. The van der Waals surface area contributed by atoms with E-state index in [2.05, 4.69) is 15.0 Å². The van der Waals surface area contributed by atoms with Gasteiger partial charge in [0.15, 0.2) is 5.03 Å². The Kier molecular flexibility index (Phi) is 4.47. The third kappa shape index (κ3) is 3.41. The van der Waals surface area contributed by atoms with Gasteiger partial charge in [0.1, 0.15) is 0 Å². The molecule has 0 spiro atoms. The van der Waals surface area contributed by atoms with E-state index in [-0.39, 0.29) is 17.0 Å². The van der Waals surface area contributed by atoms with Crippen molar-refractivity contribution in [3.63, 3.8) is 0 Å². The standard InChI is InChI=1S/C11H19N3O2S/c1-8(2)9(3)14-17(15,16)11-10(12-4)6-5-7-13-11/h5-9,12,14H,1-4H3. The second-order valence-electron chi connectivity index (χ2n) is 4.26. The highest BCUT2D eigenvalue weighted by Crippen LogP contribution is 2.18. The second-order valence-corrected chi connectivity index (χ2v) is 5.89. The van der Waals surface area contributed by atoms with E-state index in [4.69, 9.17) is 0 Å². The number of sulfonamides is 1. The Labute approximate surface area is 103 Å². The predicted molar refractivity (Wildman–Crippen MR) is 68.4 cm³/mol. The number of pyridine rings is 1. The van der Waals surface area contributed by atoms with Crippen molar-refractivity contribution in [2.45, 2.75) is 31.8 Å². The highest BCUT2D eigenvalue weighted by molar-refractivity contribution is 7.89. The van der Waals surface area contributed by atoms with E-state index in [9.17, 15) is 8.42 Å². The minimum absolute atomic E-state index is 0.0370. The van der Waals surface area contributed by atoms with Crippen molar-refractivity contribution in [2.75, 3.05) is 12.4 Å². The number of aromatic nitrogens is 1. The van der Waals surface area contributed by atoms with E-state index >= 15 is 0 Å². The molecule has 1 heterocycles. The molecule has 1 unspecified atom stereocenters. The van der Waals surface area contributed by atoms with Gasteiger partial charge in [0.2, 0.25) is 0 Å².